The maximum Gasteiger partial charge on any atom is 0.259 e. The Hall–Kier alpha value is -2.87. The second-order valence-electron chi connectivity index (χ2n) is 10.0. The van der Waals surface area contributed by atoms with Gasteiger partial charge in [0.05, 0.1) is 5.25 Å². The van der Waals surface area contributed by atoms with Crippen LogP contribution in [0.1, 0.15) is 64.7 Å². The summed E-state index contributed by atoms with van der Waals surface area (Å²) in [7, 11) is -3.81. The smallest absolute Gasteiger partial charge is 0.259 e. The molecule has 4 amide bonds. The van der Waals surface area contributed by atoms with E-state index in [0.29, 0.717) is 45.3 Å². The molecule has 2 heterocycles. The molecule has 0 bridgehead atoms. The quantitative estimate of drug-likeness (QED) is 0.322. The number of carbonyl (C=O) groups excluding carboxylic acids is 4. The number of nitrogens with one attached hydrogen (secondary N) is 2. The van der Waals surface area contributed by atoms with Crippen LogP contribution in [0.3, 0.4) is 0 Å². The molecule has 0 aromatic heterocycles. The molecule has 0 unspecified atom stereocenters. The van der Waals surface area contributed by atoms with Gasteiger partial charge in [-0.2, -0.15) is 0 Å². The number of amides is 4. The Morgan fingerprint density at radius 2 is 1.78 bits per heavy atom. The Morgan fingerprint density at radius 1 is 1.11 bits per heavy atom. The molecule has 2 saturated heterocycles. The molecule has 2 N–H and O–H groups in total. The first-order valence-electron chi connectivity index (χ1n) is 12.6. The van der Waals surface area contributed by atoms with Gasteiger partial charge in [-0.3, -0.25) is 23.9 Å². The molecule has 3 aliphatic rings. The van der Waals surface area contributed by atoms with Crippen LogP contribution in [0.25, 0.3) is 0 Å². The van der Waals surface area contributed by atoms with E-state index >= 15 is 0 Å². The summed E-state index contributed by atoms with van der Waals surface area (Å²) in [5.41, 5.74) is -1.58. The van der Waals surface area contributed by atoms with E-state index in [1.165, 1.54) is 17.9 Å². The van der Waals surface area contributed by atoms with Crippen molar-refractivity contribution >= 4 is 33.7 Å². The van der Waals surface area contributed by atoms with Crippen molar-refractivity contribution in [2.45, 2.75) is 81.5 Å². The second kappa shape index (κ2) is 11.5. The minimum atomic E-state index is -3.81. The number of sulfonamides is 1. The van der Waals surface area contributed by atoms with Crippen LogP contribution in [0.2, 0.25) is 0 Å². The summed E-state index contributed by atoms with van der Waals surface area (Å²) >= 11 is 0. The Balaban J connectivity index is 1.67. The molecule has 11 heteroatoms. The molecule has 2 aliphatic heterocycles. The van der Waals surface area contributed by atoms with Crippen LogP contribution in [0.5, 0.6) is 0 Å². The minimum absolute atomic E-state index is 0.0112. The molecule has 3 fully saturated rings. The summed E-state index contributed by atoms with van der Waals surface area (Å²) in [5.74, 6) is -0.634. The highest BCUT2D eigenvalue weighted by molar-refractivity contribution is 7.90. The van der Waals surface area contributed by atoms with Crippen LogP contribution in [0.15, 0.2) is 12.7 Å². The molecule has 1 saturated carbocycles. The summed E-state index contributed by atoms with van der Waals surface area (Å²) in [6.07, 6.45) is 11.7. The van der Waals surface area contributed by atoms with E-state index in [1.807, 2.05) is 0 Å². The van der Waals surface area contributed by atoms with Crippen LogP contribution in [0, 0.1) is 18.3 Å². The first-order valence-corrected chi connectivity index (χ1v) is 14.1. The number of hydrogen-bond acceptors (Lipinski definition) is 6. The van der Waals surface area contributed by atoms with Gasteiger partial charge in [0.2, 0.25) is 27.7 Å². The number of hydrogen-bond donors (Lipinski definition) is 2. The van der Waals surface area contributed by atoms with E-state index in [-0.39, 0.29) is 18.7 Å². The predicted molar refractivity (Wildman–Crippen MR) is 134 cm³/mol. The Morgan fingerprint density at radius 3 is 2.36 bits per heavy atom. The predicted octanol–water partition coefficient (Wildman–Crippen LogP) is 0.689. The topological polar surface area (TPSA) is 133 Å². The maximum atomic E-state index is 13.3. The fourth-order valence-electron chi connectivity index (χ4n) is 4.72. The minimum Gasteiger partial charge on any atom is -0.343 e. The van der Waals surface area contributed by atoms with Gasteiger partial charge in [-0.05, 0) is 58.3 Å². The Kier molecular flexibility index (Phi) is 8.82. The molecule has 1 aliphatic carbocycles. The van der Waals surface area contributed by atoms with E-state index in [9.17, 15) is 27.6 Å². The Bertz CT molecular complexity index is 1040. The van der Waals surface area contributed by atoms with Crippen LogP contribution in [-0.4, -0.2) is 78.3 Å². The average Bonchev–Trinajstić information content (AvgIpc) is 3.60. The molecular formula is C25H36N4O6S. The first kappa shape index (κ1) is 27.7. The number of rotatable bonds is 10. The number of carbonyl (C=O) groups is 4. The van der Waals surface area contributed by atoms with Gasteiger partial charge >= 0.3 is 0 Å². The maximum absolute atomic E-state index is 13.3. The molecule has 3 atom stereocenters. The van der Waals surface area contributed by atoms with Crippen molar-refractivity contribution in [1.82, 2.24) is 19.8 Å². The van der Waals surface area contributed by atoms with Crippen LogP contribution in [-0.2, 0) is 29.2 Å². The molecule has 0 radical (unpaired) electrons. The van der Waals surface area contributed by atoms with Gasteiger partial charge in [-0.15, -0.1) is 13.0 Å². The fourth-order valence-corrected chi connectivity index (χ4v) is 6.12. The molecule has 0 aromatic carbocycles. The molecule has 0 aromatic rings. The van der Waals surface area contributed by atoms with E-state index in [4.69, 9.17) is 6.42 Å². The zero-order valence-electron chi connectivity index (χ0n) is 20.8. The first-order chi connectivity index (χ1) is 17.0. The lowest BCUT2D eigenvalue weighted by molar-refractivity contribution is -0.144. The van der Waals surface area contributed by atoms with Gasteiger partial charge in [-0.1, -0.05) is 12.0 Å². The van der Waals surface area contributed by atoms with Gasteiger partial charge in [-0.25, -0.2) is 8.42 Å². The van der Waals surface area contributed by atoms with Crippen molar-refractivity contribution < 1.29 is 27.6 Å². The summed E-state index contributed by atoms with van der Waals surface area (Å²) < 4.78 is 26.6. The highest BCUT2D eigenvalue weighted by atomic mass is 32.2. The fraction of sp³-hybridized carbons (Fsp3) is 0.680. The third-order valence-corrected chi connectivity index (χ3v) is 8.90. The number of likely N-dealkylation sites (tertiary alicyclic amines) is 2. The summed E-state index contributed by atoms with van der Waals surface area (Å²) in [4.78, 5) is 55.2. The zero-order chi connectivity index (χ0) is 26.5. The normalized spacial score (nSPS) is 22.6. The zero-order valence-corrected chi connectivity index (χ0v) is 21.6. The van der Waals surface area contributed by atoms with Crippen molar-refractivity contribution in [3.8, 4) is 12.3 Å². The van der Waals surface area contributed by atoms with Gasteiger partial charge < -0.3 is 15.1 Å². The van der Waals surface area contributed by atoms with E-state index in [1.54, 1.807) is 4.90 Å². The number of nitrogens with zero attached hydrogens (tertiary/aromatic N) is 2. The lowest BCUT2D eigenvalue weighted by Gasteiger charge is -2.33. The van der Waals surface area contributed by atoms with Crippen molar-refractivity contribution in [3.63, 3.8) is 0 Å². The molecule has 3 rings (SSSR count). The van der Waals surface area contributed by atoms with Gasteiger partial charge in [0.25, 0.3) is 5.91 Å². The average molecular weight is 521 g/mol. The molecule has 36 heavy (non-hydrogen) atoms. The highest BCUT2D eigenvalue weighted by Gasteiger charge is 2.44. The summed E-state index contributed by atoms with van der Waals surface area (Å²) in [6, 6.07) is -0.879. The van der Waals surface area contributed by atoms with Crippen molar-refractivity contribution in [1.29, 1.82) is 0 Å². The lowest BCUT2D eigenvalue weighted by atomic mass is 9.96. The monoisotopic (exact) mass is 520 g/mol. The SMILES string of the molecule is C#C[C@H](CC(=O)N1CCCCC1)C(=O)N1CCC[C@H]1C(=O)N[C@](C)(CC=C)C(=O)NS(=O)(=O)C1CC1. The molecule has 0 spiro atoms. The highest BCUT2D eigenvalue weighted by Crippen LogP contribution is 2.28. The van der Waals surface area contributed by atoms with Gasteiger partial charge in [0, 0.05) is 26.1 Å². The van der Waals surface area contributed by atoms with E-state index in [2.05, 4.69) is 22.5 Å². The number of piperidine rings is 1. The third kappa shape index (κ3) is 6.46. The molecule has 10 nitrogen and oxygen atoms in total. The second-order valence-corrected chi connectivity index (χ2v) is 12.0. The van der Waals surface area contributed by atoms with Crippen LogP contribution < -0.4 is 10.0 Å². The summed E-state index contributed by atoms with van der Waals surface area (Å²) in [5, 5.41) is 2.05. The van der Waals surface area contributed by atoms with E-state index < -0.39 is 50.5 Å². The lowest BCUT2D eigenvalue weighted by Crippen LogP contribution is -2.61. The van der Waals surface area contributed by atoms with Crippen LogP contribution >= 0.6 is 0 Å². The number of terminal acetylenes is 1. The van der Waals surface area contributed by atoms with Gasteiger partial charge in [0.15, 0.2) is 0 Å². The van der Waals surface area contributed by atoms with Gasteiger partial charge in [0.1, 0.15) is 17.5 Å². The molecule has 198 valence electrons. The van der Waals surface area contributed by atoms with Crippen LogP contribution in [0.4, 0.5) is 0 Å². The van der Waals surface area contributed by atoms with E-state index in [0.717, 1.165) is 19.3 Å². The standard InChI is InChI=1S/C25H36N4O6S/c1-4-13-25(3,24(33)27-36(34,35)19-11-12-19)26-22(31)20-10-9-16-29(20)23(32)18(5-2)17-21(30)28-14-7-6-8-15-28/h2,4,18-20H,1,6-17H2,3H3,(H,26,31)(H,27,33)/t18-,20+,25-/m1/s1. The van der Waals surface area contributed by atoms with Crippen molar-refractivity contribution in [3.05, 3.63) is 12.7 Å². The third-order valence-electron chi connectivity index (χ3n) is 7.08. The molecular weight excluding hydrogens is 484 g/mol. The van der Waals surface area contributed by atoms with Crippen molar-refractivity contribution in [2.24, 2.45) is 5.92 Å². The largest absolute Gasteiger partial charge is 0.343 e. The Labute approximate surface area is 213 Å². The summed E-state index contributed by atoms with van der Waals surface area (Å²) in [6.45, 7) is 6.64. The van der Waals surface area contributed by atoms with Crippen molar-refractivity contribution in [2.75, 3.05) is 19.6 Å².